The van der Waals surface area contributed by atoms with Crippen molar-refractivity contribution in [3.63, 3.8) is 0 Å². The first-order valence-corrected chi connectivity index (χ1v) is 9.07. The van der Waals surface area contributed by atoms with E-state index in [1.54, 1.807) is 18.7 Å². The fraction of sp³-hybridized carbons (Fsp3) is 0.444. The fourth-order valence-electron chi connectivity index (χ4n) is 3.54. The smallest absolute Gasteiger partial charge is 0.407 e. The van der Waals surface area contributed by atoms with Gasteiger partial charge in [-0.1, -0.05) is 0 Å². The normalized spacial score (nSPS) is 18.4. The number of ether oxygens (including phenoxy) is 1. The molecule has 1 amide bonds. The third-order valence-electron chi connectivity index (χ3n) is 5.08. The van der Waals surface area contributed by atoms with E-state index in [4.69, 9.17) is 4.74 Å². The van der Waals surface area contributed by atoms with Crippen LogP contribution in [0.1, 0.15) is 25.7 Å². The predicted octanol–water partition coefficient (Wildman–Crippen LogP) is 2.36. The minimum Gasteiger partial charge on any atom is -0.446 e. The van der Waals surface area contributed by atoms with Crippen LogP contribution in [-0.2, 0) is 4.74 Å². The maximum absolute atomic E-state index is 11.8. The van der Waals surface area contributed by atoms with Crippen LogP contribution in [0.5, 0.6) is 0 Å². The summed E-state index contributed by atoms with van der Waals surface area (Å²) in [6.45, 7) is 1.59. The van der Waals surface area contributed by atoms with Crippen LogP contribution in [0.25, 0.3) is 21.9 Å². The molecule has 134 valence electrons. The highest BCUT2D eigenvalue weighted by Crippen LogP contribution is 2.31. The molecule has 5 rings (SSSR count). The van der Waals surface area contributed by atoms with Crippen molar-refractivity contribution in [3.8, 4) is 0 Å². The number of aromatic amines is 1. The summed E-state index contributed by atoms with van der Waals surface area (Å²) in [7, 11) is 0. The van der Waals surface area contributed by atoms with Gasteiger partial charge in [-0.15, -0.1) is 0 Å². The topological polar surface area (TPSA) is 96.0 Å². The first-order chi connectivity index (χ1) is 12.8. The van der Waals surface area contributed by atoms with Crippen LogP contribution in [0.15, 0.2) is 24.8 Å². The minimum absolute atomic E-state index is 0.0335. The molecule has 0 radical (unpaired) electrons. The summed E-state index contributed by atoms with van der Waals surface area (Å²) >= 11 is 0. The maximum Gasteiger partial charge on any atom is 0.407 e. The number of rotatable bonds is 3. The molecule has 0 spiro atoms. The van der Waals surface area contributed by atoms with E-state index in [1.807, 2.05) is 6.07 Å². The summed E-state index contributed by atoms with van der Waals surface area (Å²) < 4.78 is 5.55. The Labute approximate surface area is 150 Å². The van der Waals surface area contributed by atoms with E-state index in [2.05, 4.69) is 30.2 Å². The van der Waals surface area contributed by atoms with Gasteiger partial charge in [0.1, 0.15) is 11.9 Å². The zero-order chi connectivity index (χ0) is 17.5. The van der Waals surface area contributed by atoms with Gasteiger partial charge in [-0.25, -0.2) is 19.7 Å². The maximum atomic E-state index is 11.8. The van der Waals surface area contributed by atoms with Crippen molar-refractivity contribution in [1.82, 2.24) is 25.3 Å². The van der Waals surface area contributed by atoms with Crippen molar-refractivity contribution in [2.24, 2.45) is 0 Å². The van der Waals surface area contributed by atoms with Crippen molar-refractivity contribution >= 4 is 33.8 Å². The van der Waals surface area contributed by atoms with E-state index in [-0.39, 0.29) is 12.2 Å². The Morgan fingerprint density at radius 1 is 1.19 bits per heavy atom. The predicted molar refractivity (Wildman–Crippen MR) is 97.1 cm³/mol. The molecule has 2 aliphatic rings. The van der Waals surface area contributed by atoms with Crippen LogP contribution < -0.4 is 10.2 Å². The Hall–Kier alpha value is -2.90. The number of fused-ring (bicyclic) bond motifs is 3. The molecule has 26 heavy (non-hydrogen) atoms. The third-order valence-corrected chi connectivity index (χ3v) is 5.08. The molecule has 3 aromatic rings. The number of amides is 1. The number of alkyl carbamates (subject to hydrolysis) is 1. The number of anilines is 1. The van der Waals surface area contributed by atoms with Gasteiger partial charge >= 0.3 is 6.09 Å². The number of hydrogen-bond donors (Lipinski definition) is 2. The number of carbonyl (C=O) groups is 1. The van der Waals surface area contributed by atoms with Gasteiger partial charge in [0.05, 0.1) is 23.4 Å². The number of pyridine rings is 1. The molecule has 1 aliphatic carbocycles. The van der Waals surface area contributed by atoms with Gasteiger partial charge in [0.25, 0.3) is 0 Å². The average Bonchev–Trinajstić information content (AvgIpc) is 3.33. The van der Waals surface area contributed by atoms with Gasteiger partial charge in [-0.2, -0.15) is 0 Å². The number of hydrogen-bond acceptors (Lipinski definition) is 6. The van der Waals surface area contributed by atoms with Gasteiger partial charge in [0.2, 0.25) is 0 Å². The second kappa shape index (κ2) is 6.12. The van der Waals surface area contributed by atoms with Gasteiger partial charge in [-0.05, 0) is 18.9 Å². The van der Waals surface area contributed by atoms with Gasteiger partial charge in [0, 0.05) is 43.6 Å². The molecule has 1 saturated heterocycles. The number of aromatic nitrogens is 4. The standard InChI is InChI=1S/C18H20N6O2/c25-18(23-11-1-2-11)26-12-4-7-24(8-5-12)17-15-13-3-6-19-16(13)20-9-14(15)21-10-22-17/h3,6,9-12H,1-2,4-5,7-8H2,(H,21,22)(H,23,25). The molecular formula is C18H20N6O2. The van der Waals surface area contributed by atoms with E-state index in [0.717, 1.165) is 66.5 Å². The highest BCUT2D eigenvalue weighted by molar-refractivity contribution is 6.08. The summed E-state index contributed by atoms with van der Waals surface area (Å²) in [5.41, 5.74) is 1.67. The van der Waals surface area contributed by atoms with E-state index >= 15 is 0 Å². The van der Waals surface area contributed by atoms with Crippen molar-refractivity contribution in [2.75, 3.05) is 18.0 Å². The van der Waals surface area contributed by atoms with E-state index in [0.29, 0.717) is 6.04 Å². The highest BCUT2D eigenvalue weighted by Gasteiger charge is 2.28. The zero-order valence-electron chi connectivity index (χ0n) is 14.3. The van der Waals surface area contributed by atoms with Crippen LogP contribution in [0, 0.1) is 0 Å². The molecule has 0 bridgehead atoms. The molecule has 2 fully saturated rings. The van der Waals surface area contributed by atoms with Crippen LogP contribution >= 0.6 is 0 Å². The van der Waals surface area contributed by atoms with Gasteiger partial charge < -0.3 is 19.9 Å². The van der Waals surface area contributed by atoms with Crippen LogP contribution in [-0.4, -0.2) is 51.3 Å². The van der Waals surface area contributed by atoms with E-state index in [9.17, 15) is 4.79 Å². The molecule has 1 saturated carbocycles. The molecule has 1 aliphatic heterocycles. The molecule has 8 nitrogen and oxygen atoms in total. The van der Waals surface area contributed by atoms with Crippen molar-refractivity contribution in [1.29, 1.82) is 0 Å². The van der Waals surface area contributed by atoms with Gasteiger partial charge in [-0.3, -0.25) is 0 Å². The molecule has 0 aromatic carbocycles. The first kappa shape index (κ1) is 15.4. The molecule has 3 aromatic heterocycles. The van der Waals surface area contributed by atoms with Crippen molar-refractivity contribution in [3.05, 3.63) is 24.8 Å². The molecule has 2 N–H and O–H groups in total. The minimum atomic E-state index is -0.278. The fourth-order valence-corrected chi connectivity index (χ4v) is 3.54. The largest absolute Gasteiger partial charge is 0.446 e. The second-order valence-electron chi connectivity index (χ2n) is 6.97. The summed E-state index contributed by atoms with van der Waals surface area (Å²) in [6, 6.07) is 2.30. The Kier molecular flexibility index (Phi) is 3.62. The molecule has 4 heterocycles. The first-order valence-electron chi connectivity index (χ1n) is 9.07. The Balaban J connectivity index is 1.34. The molecule has 0 atom stereocenters. The molecule has 8 heteroatoms. The number of H-pyrrole nitrogens is 1. The summed E-state index contributed by atoms with van der Waals surface area (Å²) in [4.78, 5) is 30.5. The lowest BCUT2D eigenvalue weighted by Gasteiger charge is -2.33. The van der Waals surface area contributed by atoms with E-state index < -0.39 is 0 Å². The van der Waals surface area contributed by atoms with Crippen LogP contribution in [0.3, 0.4) is 0 Å². The summed E-state index contributed by atoms with van der Waals surface area (Å²) in [5, 5.41) is 4.93. The Morgan fingerprint density at radius 2 is 2.04 bits per heavy atom. The van der Waals surface area contributed by atoms with Crippen molar-refractivity contribution in [2.45, 2.75) is 37.8 Å². The Bertz CT molecular complexity index is 959. The highest BCUT2D eigenvalue weighted by atomic mass is 16.6. The number of nitrogens with one attached hydrogen (secondary N) is 2. The molecule has 0 unspecified atom stereocenters. The number of nitrogens with zero attached hydrogens (tertiary/aromatic N) is 4. The quantitative estimate of drug-likeness (QED) is 0.751. The SMILES string of the molecule is O=C(NC1CC1)OC1CCN(c2nc[nH]c3cnc4nccc4c23)CC1. The van der Waals surface area contributed by atoms with Crippen molar-refractivity contribution < 1.29 is 9.53 Å². The van der Waals surface area contributed by atoms with Gasteiger partial charge in [0.15, 0.2) is 5.65 Å². The zero-order valence-corrected chi connectivity index (χ0v) is 14.3. The lowest BCUT2D eigenvalue weighted by Crippen LogP contribution is -2.40. The third kappa shape index (κ3) is 2.81. The molecular weight excluding hydrogens is 332 g/mol. The average molecular weight is 352 g/mol. The lowest BCUT2D eigenvalue weighted by molar-refractivity contribution is 0.0828. The Morgan fingerprint density at radius 3 is 2.85 bits per heavy atom. The van der Waals surface area contributed by atoms with E-state index in [1.165, 1.54) is 0 Å². The second-order valence-corrected chi connectivity index (χ2v) is 6.97. The van der Waals surface area contributed by atoms with Crippen LogP contribution in [0.2, 0.25) is 0 Å². The summed E-state index contributed by atoms with van der Waals surface area (Å²) in [6.07, 6.45) is 8.69. The lowest BCUT2D eigenvalue weighted by atomic mass is 10.1. The summed E-state index contributed by atoms with van der Waals surface area (Å²) in [5.74, 6) is 0.931. The van der Waals surface area contributed by atoms with Crippen LogP contribution in [0.4, 0.5) is 10.6 Å². The monoisotopic (exact) mass is 352 g/mol. The number of carbonyl (C=O) groups excluding carboxylic acids is 1. The number of piperidine rings is 1.